The first kappa shape index (κ1) is 29.0. The van der Waals surface area contributed by atoms with E-state index in [0.29, 0.717) is 12.1 Å². The molecule has 0 spiro atoms. The molecule has 0 N–H and O–H groups in total. The summed E-state index contributed by atoms with van der Waals surface area (Å²) in [5.74, 6) is -24.9. The first-order valence-electron chi connectivity index (χ1n) is 11.3. The second-order valence-electron chi connectivity index (χ2n) is 8.77. The highest BCUT2D eigenvalue weighted by molar-refractivity contribution is 6.22. The zero-order chi connectivity index (χ0) is 31.0. The van der Waals surface area contributed by atoms with Crippen LogP contribution in [0.5, 0.6) is 5.75 Å². The minimum absolute atomic E-state index is 0.414. The first-order valence-corrected chi connectivity index (χ1v) is 11.3. The molecule has 0 aliphatic heterocycles. The number of hydrogen-bond donors (Lipinski definition) is 0. The van der Waals surface area contributed by atoms with Gasteiger partial charge < -0.3 is 4.74 Å². The number of fused-ring (bicyclic) bond motifs is 2. The van der Waals surface area contributed by atoms with Gasteiger partial charge in [-0.25, -0.2) is 43.9 Å². The fourth-order valence-corrected chi connectivity index (χ4v) is 4.82. The van der Waals surface area contributed by atoms with Gasteiger partial charge in [-0.3, -0.25) is 0 Å². The molecule has 0 bridgehead atoms. The Labute approximate surface area is 225 Å². The summed E-state index contributed by atoms with van der Waals surface area (Å²) in [6.07, 6.45) is -5.97. The minimum Gasteiger partial charge on any atom is -0.497 e. The van der Waals surface area contributed by atoms with Crippen molar-refractivity contribution in [1.82, 2.24) is 0 Å². The standard InChI is InChI=1S/C28H9F13O/c1-42-8-6-11(29)15(12(30)7-8)13-9-4-2-3-5-10(9)14(17-16(13)20(31)26(37)27(38)21(17)32)18-22(33)24(35)19(28(39,40)41)25(36)23(18)34/h2-7H,1H3. The third-order valence-electron chi connectivity index (χ3n) is 6.53. The van der Waals surface area contributed by atoms with E-state index in [0.717, 1.165) is 31.4 Å². The molecule has 1 nitrogen and oxygen atoms in total. The van der Waals surface area contributed by atoms with Gasteiger partial charge in [0.05, 0.1) is 18.2 Å². The summed E-state index contributed by atoms with van der Waals surface area (Å²) in [4.78, 5) is 0. The highest BCUT2D eigenvalue weighted by Gasteiger charge is 2.43. The Hall–Kier alpha value is -4.49. The van der Waals surface area contributed by atoms with Gasteiger partial charge in [0.25, 0.3) is 0 Å². The number of benzene rings is 5. The summed E-state index contributed by atoms with van der Waals surface area (Å²) in [6.45, 7) is 0. The third kappa shape index (κ3) is 4.02. The van der Waals surface area contributed by atoms with Crippen molar-refractivity contribution in [2.75, 3.05) is 7.11 Å². The number of hydrogen-bond acceptors (Lipinski definition) is 1. The summed E-state index contributed by atoms with van der Waals surface area (Å²) in [5.41, 5.74) is -8.77. The van der Waals surface area contributed by atoms with Gasteiger partial charge in [0, 0.05) is 34.0 Å². The summed E-state index contributed by atoms with van der Waals surface area (Å²) in [7, 11) is 1.02. The molecule has 0 saturated carbocycles. The fourth-order valence-electron chi connectivity index (χ4n) is 4.82. The summed E-state index contributed by atoms with van der Waals surface area (Å²) in [6, 6.07) is 4.96. The summed E-state index contributed by atoms with van der Waals surface area (Å²) >= 11 is 0. The lowest BCUT2D eigenvalue weighted by Crippen LogP contribution is -2.16. The number of rotatable bonds is 3. The molecule has 0 heterocycles. The molecule has 0 atom stereocenters. The lowest BCUT2D eigenvalue weighted by atomic mass is 9.84. The van der Waals surface area contributed by atoms with Crippen LogP contribution in [0, 0.1) is 58.2 Å². The Bertz CT molecular complexity index is 1910. The van der Waals surface area contributed by atoms with Gasteiger partial charge in [-0.1, -0.05) is 24.3 Å². The molecule has 0 aliphatic carbocycles. The predicted octanol–water partition coefficient (Wildman–Crippen LogP) is 9.75. The van der Waals surface area contributed by atoms with Gasteiger partial charge in [0.1, 0.15) is 22.9 Å². The van der Waals surface area contributed by atoms with Crippen molar-refractivity contribution in [3.05, 3.63) is 100 Å². The van der Waals surface area contributed by atoms with Crippen LogP contribution >= 0.6 is 0 Å². The second kappa shape index (κ2) is 9.81. The van der Waals surface area contributed by atoms with Crippen LogP contribution in [0.1, 0.15) is 5.56 Å². The van der Waals surface area contributed by atoms with Crippen molar-refractivity contribution >= 4 is 21.5 Å². The average Bonchev–Trinajstić information content (AvgIpc) is 2.93. The SMILES string of the molecule is COc1cc(F)c(-c2c3ccccc3c(-c3c(F)c(F)c(C(F)(F)F)c(F)c3F)c3c(F)c(F)c(F)c(F)c23)c(F)c1. The second-order valence-corrected chi connectivity index (χ2v) is 8.77. The topological polar surface area (TPSA) is 9.23 Å². The Morgan fingerprint density at radius 2 is 0.905 bits per heavy atom. The molecule has 5 aromatic carbocycles. The van der Waals surface area contributed by atoms with E-state index in [9.17, 15) is 30.7 Å². The van der Waals surface area contributed by atoms with Crippen molar-refractivity contribution in [2.45, 2.75) is 6.18 Å². The molecule has 5 rings (SSSR count). The summed E-state index contributed by atoms with van der Waals surface area (Å²) < 4.78 is 194. The van der Waals surface area contributed by atoms with Crippen LogP contribution in [0.2, 0.25) is 0 Å². The fraction of sp³-hybridized carbons (Fsp3) is 0.0714. The maximum atomic E-state index is 15.5. The molecule has 14 heteroatoms. The van der Waals surface area contributed by atoms with E-state index in [1.165, 1.54) is 0 Å². The molecule has 0 radical (unpaired) electrons. The van der Waals surface area contributed by atoms with Gasteiger partial charge in [-0.15, -0.1) is 0 Å². The number of alkyl halides is 3. The maximum Gasteiger partial charge on any atom is 0.422 e. The van der Waals surface area contributed by atoms with E-state index in [-0.39, 0.29) is 0 Å². The number of ether oxygens (including phenoxy) is 1. The van der Waals surface area contributed by atoms with E-state index in [1.54, 1.807) is 0 Å². The molecule has 0 aromatic heterocycles. The van der Waals surface area contributed by atoms with Crippen molar-refractivity contribution < 1.29 is 61.8 Å². The van der Waals surface area contributed by atoms with Crippen LogP contribution < -0.4 is 4.74 Å². The number of methoxy groups -OCH3 is 1. The maximum absolute atomic E-state index is 15.5. The van der Waals surface area contributed by atoms with Crippen LogP contribution in [-0.2, 0) is 6.18 Å². The molecule has 0 saturated heterocycles. The Morgan fingerprint density at radius 3 is 1.29 bits per heavy atom. The average molecular weight is 608 g/mol. The number of halogens is 13. The van der Waals surface area contributed by atoms with Crippen LogP contribution in [0.3, 0.4) is 0 Å². The van der Waals surface area contributed by atoms with Crippen LogP contribution in [-0.4, -0.2) is 7.11 Å². The van der Waals surface area contributed by atoms with E-state index < -0.39 is 119 Å². The monoisotopic (exact) mass is 608 g/mol. The van der Waals surface area contributed by atoms with E-state index in [1.807, 2.05) is 0 Å². The van der Waals surface area contributed by atoms with E-state index >= 15 is 26.3 Å². The van der Waals surface area contributed by atoms with Crippen LogP contribution in [0.4, 0.5) is 57.1 Å². The molecular weight excluding hydrogens is 599 g/mol. The normalized spacial score (nSPS) is 12.0. The molecule has 218 valence electrons. The van der Waals surface area contributed by atoms with Crippen molar-refractivity contribution in [3.63, 3.8) is 0 Å². The predicted molar refractivity (Wildman–Crippen MR) is 123 cm³/mol. The van der Waals surface area contributed by atoms with Gasteiger partial charge in [0.2, 0.25) is 0 Å². The van der Waals surface area contributed by atoms with Gasteiger partial charge >= 0.3 is 6.18 Å². The quantitative estimate of drug-likeness (QED) is 0.0858. The zero-order valence-corrected chi connectivity index (χ0v) is 20.3. The Morgan fingerprint density at radius 1 is 0.500 bits per heavy atom. The highest BCUT2D eigenvalue weighted by Crippen LogP contribution is 2.50. The van der Waals surface area contributed by atoms with E-state index in [2.05, 4.69) is 0 Å². The first-order chi connectivity index (χ1) is 19.6. The molecule has 0 unspecified atom stereocenters. The lowest BCUT2D eigenvalue weighted by molar-refractivity contribution is -0.143. The molecule has 0 aliphatic rings. The van der Waals surface area contributed by atoms with E-state index in [4.69, 9.17) is 4.74 Å². The molecule has 0 amide bonds. The van der Waals surface area contributed by atoms with Crippen LogP contribution in [0.15, 0.2) is 36.4 Å². The van der Waals surface area contributed by atoms with Crippen LogP contribution in [0.25, 0.3) is 43.8 Å². The van der Waals surface area contributed by atoms with Crippen molar-refractivity contribution in [3.8, 4) is 28.0 Å². The molecule has 5 aromatic rings. The van der Waals surface area contributed by atoms with Gasteiger partial charge in [0.15, 0.2) is 46.5 Å². The van der Waals surface area contributed by atoms with Crippen molar-refractivity contribution in [1.29, 1.82) is 0 Å². The van der Waals surface area contributed by atoms with Gasteiger partial charge in [-0.2, -0.15) is 13.2 Å². The zero-order valence-electron chi connectivity index (χ0n) is 20.3. The lowest BCUT2D eigenvalue weighted by Gasteiger charge is -2.21. The summed E-state index contributed by atoms with van der Waals surface area (Å²) in [5, 5.41) is -4.70. The van der Waals surface area contributed by atoms with Gasteiger partial charge in [-0.05, 0) is 10.8 Å². The Balaban J connectivity index is 2.14. The molecule has 0 fully saturated rings. The van der Waals surface area contributed by atoms with Crippen molar-refractivity contribution in [2.24, 2.45) is 0 Å². The molecular formula is C28H9F13O. The minimum atomic E-state index is -5.97. The molecule has 42 heavy (non-hydrogen) atoms. The third-order valence-corrected chi connectivity index (χ3v) is 6.53. The Kier molecular flexibility index (Phi) is 6.78. The highest BCUT2D eigenvalue weighted by atomic mass is 19.4. The largest absolute Gasteiger partial charge is 0.497 e. The smallest absolute Gasteiger partial charge is 0.422 e.